The number of hydrogen-bond donors (Lipinski definition) is 1. The second-order valence-corrected chi connectivity index (χ2v) is 4.92. The van der Waals surface area contributed by atoms with Gasteiger partial charge in [-0.05, 0) is 56.9 Å². The standard InChI is InChI=1S/C14H20N2O/c1-10-9-12(15)6-7-13(10)14(17)16-8-4-3-5-11(16)2/h6-7,9,11H,3-5,8,15H2,1-2H3. The van der Waals surface area contributed by atoms with Crippen LogP contribution < -0.4 is 5.73 Å². The number of amides is 1. The minimum absolute atomic E-state index is 0.148. The molecule has 3 nitrogen and oxygen atoms in total. The maximum Gasteiger partial charge on any atom is 0.254 e. The first-order valence-electron chi connectivity index (χ1n) is 6.26. The lowest BCUT2D eigenvalue weighted by atomic mass is 10.0. The quantitative estimate of drug-likeness (QED) is 0.756. The van der Waals surface area contributed by atoms with Gasteiger partial charge in [-0.15, -0.1) is 0 Å². The van der Waals surface area contributed by atoms with Crippen molar-refractivity contribution >= 4 is 11.6 Å². The molecule has 3 heteroatoms. The van der Waals surface area contributed by atoms with Crippen LogP contribution in [0.1, 0.15) is 42.1 Å². The van der Waals surface area contributed by atoms with Gasteiger partial charge in [0.2, 0.25) is 0 Å². The molecule has 0 aliphatic carbocycles. The van der Waals surface area contributed by atoms with Crippen molar-refractivity contribution in [1.29, 1.82) is 0 Å². The van der Waals surface area contributed by atoms with Crippen molar-refractivity contribution in [3.63, 3.8) is 0 Å². The molecule has 1 heterocycles. The maximum atomic E-state index is 12.4. The SMILES string of the molecule is Cc1cc(N)ccc1C(=O)N1CCCCC1C. The first-order valence-corrected chi connectivity index (χ1v) is 6.26. The number of likely N-dealkylation sites (tertiary alicyclic amines) is 1. The van der Waals surface area contributed by atoms with Crippen LogP contribution in [0.4, 0.5) is 5.69 Å². The van der Waals surface area contributed by atoms with E-state index in [0.29, 0.717) is 11.7 Å². The van der Waals surface area contributed by atoms with E-state index in [1.807, 2.05) is 24.0 Å². The molecule has 17 heavy (non-hydrogen) atoms. The number of nitrogens with two attached hydrogens (primary N) is 1. The first kappa shape index (κ1) is 12.0. The molecule has 1 aromatic rings. The third-order valence-electron chi connectivity index (χ3n) is 3.54. The van der Waals surface area contributed by atoms with Gasteiger partial charge < -0.3 is 10.6 Å². The van der Waals surface area contributed by atoms with Crippen LogP contribution in [0, 0.1) is 6.92 Å². The minimum Gasteiger partial charge on any atom is -0.399 e. The Hall–Kier alpha value is -1.51. The van der Waals surface area contributed by atoms with E-state index >= 15 is 0 Å². The number of aryl methyl sites for hydroxylation is 1. The van der Waals surface area contributed by atoms with Crippen molar-refractivity contribution < 1.29 is 4.79 Å². The molecule has 0 bridgehead atoms. The Morgan fingerprint density at radius 2 is 2.18 bits per heavy atom. The Kier molecular flexibility index (Phi) is 3.36. The predicted molar refractivity (Wildman–Crippen MR) is 69.9 cm³/mol. The third kappa shape index (κ3) is 2.43. The Bertz CT molecular complexity index is 428. The van der Waals surface area contributed by atoms with Gasteiger partial charge in [0, 0.05) is 23.8 Å². The summed E-state index contributed by atoms with van der Waals surface area (Å²) in [6, 6.07) is 5.86. The molecule has 0 saturated carbocycles. The van der Waals surface area contributed by atoms with Gasteiger partial charge in [0.05, 0.1) is 0 Å². The summed E-state index contributed by atoms with van der Waals surface area (Å²) >= 11 is 0. The van der Waals surface area contributed by atoms with Crippen LogP contribution in [0.2, 0.25) is 0 Å². The molecule has 1 atom stereocenters. The molecule has 1 fully saturated rings. The lowest BCUT2D eigenvalue weighted by Gasteiger charge is -2.33. The highest BCUT2D eigenvalue weighted by molar-refractivity contribution is 5.96. The number of anilines is 1. The maximum absolute atomic E-state index is 12.4. The molecule has 1 aliphatic rings. The number of nitrogen functional groups attached to an aromatic ring is 1. The van der Waals surface area contributed by atoms with Crippen LogP contribution in [0.25, 0.3) is 0 Å². The first-order chi connectivity index (χ1) is 8.09. The third-order valence-corrected chi connectivity index (χ3v) is 3.54. The van der Waals surface area contributed by atoms with Crippen molar-refractivity contribution in [1.82, 2.24) is 4.90 Å². The number of carbonyl (C=O) groups excluding carboxylic acids is 1. The normalized spacial score (nSPS) is 20.4. The lowest BCUT2D eigenvalue weighted by Crippen LogP contribution is -2.42. The van der Waals surface area contributed by atoms with Gasteiger partial charge in [-0.2, -0.15) is 0 Å². The van der Waals surface area contributed by atoms with Gasteiger partial charge in [-0.25, -0.2) is 0 Å². The topological polar surface area (TPSA) is 46.3 Å². The average Bonchev–Trinajstić information content (AvgIpc) is 2.29. The second kappa shape index (κ2) is 4.78. The lowest BCUT2D eigenvalue weighted by molar-refractivity contribution is 0.0635. The smallest absolute Gasteiger partial charge is 0.254 e. The Morgan fingerprint density at radius 1 is 1.41 bits per heavy atom. The molecule has 2 N–H and O–H groups in total. The summed E-state index contributed by atoms with van der Waals surface area (Å²) in [7, 11) is 0. The molecule has 2 rings (SSSR count). The molecule has 1 aromatic carbocycles. The highest BCUT2D eigenvalue weighted by atomic mass is 16.2. The van der Waals surface area contributed by atoms with E-state index in [2.05, 4.69) is 6.92 Å². The predicted octanol–water partition coefficient (Wildman–Crippen LogP) is 2.59. The summed E-state index contributed by atoms with van der Waals surface area (Å²) in [6.07, 6.45) is 3.45. The highest BCUT2D eigenvalue weighted by Crippen LogP contribution is 2.21. The molecule has 92 valence electrons. The zero-order valence-corrected chi connectivity index (χ0v) is 10.6. The van der Waals surface area contributed by atoms with Crippen LogP contribution >= 0.6 is 0 Å². The van der Waals surface area contributed by atoms with Gasteiger partial charge in [0.15, 0.2) is 0 Å². The van der Waals surface area contributed by atoms with Crippen molar-refractivity contribution in [3.8, 4) is 0 Å². The molecule has 0 spiro atoms. The second-order valence-electron chi connectivity index (χ2n) is 4.92. The van der Waals surface area contributed by atoms with E-state index in [-0.39, 0.29) is 5.91 Å². The summed E-state index contributed by atoms with van der Waals surface area (Å²) in [6.45, 7) is 4.95. The highest BCUT2D eigenvalue weighted by Gasteiger charge is 2.24. The van der Waals surface area contributed by atoms with Crippen molar-refractivity contribution in [2.75, 3.05) is 12.3 Å². The van der Waals surface area contributed by atoms with Crippen LogP contribution in [-0.2, 0) is 0 Å². The molecule has 1 saturated heterocycles. The van der Waals surface area contributed by atoms with E-state index in [1.165, 1.54) is 6.42 Å². The van der Waals surface area contributed by atoms with Gasteiger partial charge in [-0.3, -0.25) is 4.79 Å². The summed E-state index contributed by atoms with van der Waals surface area (Å²) < 4.78 is 0. The molecule has 1 amide bonds. The van der Waals surface area contributed by atoms with Crippen molar-refractivity contribution in [2.45, 2.75) is 39.2 Å². The molecular weight excluding hydrogens is 212 g/mol. The van der Waals surface area contributed by atoms with E-state index < -0.39 is 0 Å². The number of nitrogens with zero attached hydrogens (tertiary/aromatic N) is 1. The zero-order valence-electron chi connectivity index (χ0n) is 10.6. The fraction of sp³-hybridized carbons (Fsp3) is 0.500. The molecular formula is C14H20N2O. The molecule has 0 aromatic heterocycles. The van der Waals surface area contributed by atoms with E-state index in [1.54, 1.807) is 6.07 Å². The number of rotatable bonds is 1. The fourth-order valence-electron chi connectivity index (χ4n) is 2.48. The molecule has 1 aliphatic heterocycles. The van der Waals surface area contributed by atoms with Gasteiger partial charge >= 0.3 is 0 Å². The van der Waals surface area contributed by atoms with Crippen LogP contribution in [-0.4, -0.2) is 23.4 Å². The van der Waals surface area contributed by atoms with Crippen molar-refractivity contribution in [2.24, 2.45) is 0 Å². The summed E-state index contributed by atoms with van der Waals surface area (Å²) in [5, 5.41) is 0. The van der Waals surface area contributed by atoms with Gasteiger partial charge in [0.25, 0.3) is 5.91 Å². The van der Waals surface area contributed by atoms with Crippen LogP contribution in [0.3, 0.4) is 0 Å². The summed E-state index contributed by atoms with van der Waals surface area (Å²) in [5.74, 6) is 0.148. The zero-order chi connectivity index (χ0) is 12.4. The largest absolute Gasteiger partial charge is 0.399 e. The Labute approximate surface area is 103 Å². The summed E-state index contributed by atoms with van der Waals surface area (Å²) in [5.41, 5.74) is 8.17. The van der Waals surface area contributed by atoms with E-state index in [0.717, 1.165) is 30.5 Å². The average molecular weight is 232 g/mol. The minimum atomic E-state index is 0.148. The molecule has 1 unspecified atom stereocenters. The van der Waals surface area contributed by atoms with Crippen molar-refractivity contribution in [3.05, 3.63) is 29.3 Å². The number of hydrogen-bond acceptors (Lipinski definition) is 2. The Balaban J connectivity index is 2.24. The Morgan fingerprint density at radius 3 is 2.82 bits per heavy atom. The van der Waals surface area contributed by atoms with Gasteiger partial charge in [-0.1, -0.05) is 0 Å². The number of benzene rings is 1. The van der Waals surface area contributed by atoms with E-state index in [4.69, 9.17) is 5.73 Å². The monoisotopic (exact) mass is 232 g/mol. The van der Waals surface area contributed by atoms with E-state index in [9.17, 15) is 4.79 Å². The molecule has 0 radical (unpaired) electrons. The van der Waals surface area contributed by atoms with Gasteiger partial charge in [0.1, 0.15) is 0 Å². The van der Waals surface area contributed by atoms with Crippen LogP contribution in [0.5, 0.6) is 0 Å². The number of piperidine rings is 1. The number of carbonyl (C=O) groups is 1. The fourth-order valence-corrected chi connectivity index (χ4v) is 2.48. The van der Waals surface area contributed by atoms with Crippen LogP contribution in [0.15, 0.2) is 18.2 Å². The summed E-state index contributed by atoms with van der Waals surface area (Å²) in [4.78, 5) is 14.4.